The summed E-state index contributed by atoms with van der Waals surface area (Å²) >= 11 is 6.41. The number of hydrogen-bond acceptors (Lipinski definition) is 7. The standard InChI is InChI=1S/C38H46ClN5O5/c1-25-26(2)37(47)40(3)24-32(25)28-5-6-30(35(20-28)49-4)23-42-17-15-41(16-18-42)22-27-9-12-43(13-10-27)38(48)29-7-8-33(39)34(19-29)44-14-11-31(45)21-36(44)46/h5-8,19-20,24,27H,9-18,21-23H2,1-4H3. The molecule has 3 aliphatic rings. The number of likely N-dealkylation sites (tertiary alicyclic amines) is 1. The Balaban J connectivity index is 0.988. The Bertz CT molecular complexity index is 1810. The van der Waals surface area contributed by atoms with Gasteiger partial charge in [-0.15, -0.1) is 0 Å². The van der Waals surface area contributed by atoms with Crippen LogP contribution in [0.25, 0.3) is 11.1 Å². The fourth-order valence-corrected chi connectivity index (χ4v) is 7.59. The van der Waals surface area contributed by atoms with Gasteiger partial charge in [0.15, 0.2) is 0 Å². The molecule has 0 aliphatic carbocycles. The number of methoxy groups -OCH3 is 1. The molecule has 3 saturated heterocycles. The molecule has 3 fully saturated rings. The summed E-state index contributed by atoms with van der Waals surface area (Å²) in [4.78, 5) is 58.4. The zero-order chi connectivity index (χ0) is 34.8. The second-order valence-electron chi connectivity index (χ2n) is 13.7. The van der Waals surface area contributed by atoms with Gasteiger partial charge >= 0.3 is 0 Å². The van der Waals surface area contributed by atoms with Crippen LogP contribution in [0.15, 0.2) is 47.4 Å². The first-order valence-electron chi connectivity index (χ1n) is 17.2. The number of aryl methyl sites for hydroxylation is 1. The lowest BCUT2D eigenvalue weighted by atomic mass is 9.95. The Labute approximate surface area is 293 Å². The predicted molar refractivity (Wildman–Crippen MR) is 192 cm³/mol. The minimum Gasteiger partial charge on any atom is -0.496 e. The predicted octanol–water partition coefficient (Wildman–Crippen LogP) is 4.70. The number of pyridine rings is 1. The summed E-state index contributed by atoms with van der Waals surface area (Å²) < 4.78 is 7.47. The van der Waals surface area contributed by atoms with Gasteiger partial charge in [0.25, 0.3) is 11.5 Å². The van der Waals surface area contributed by atoms with Crippen LogP contribution in [-0.4, -0.2) is 96.3 Å². The normalized spacial score (nSPS) is 18.3. The van der Waals surface area contributed by atoms with Gasteiger partial charge in [-0.25, -0.2) is 0 Å². The Hall–Kier alpha value is -3.99. The average molecular weight is 688 g/mol. The van der Waals surface area contributed by atoms with E-state index in [4.69, 9.17) is 16.3 Å². The Kier molecular flexibility index (Phi) is 10.6. The number of ketones is 1. The van der Waals surface area contributed by atoms with E-state index < -0.39 is 0 Å². The van der Waals surface area contributed by atoms with Gasteiger partial charge in [-0.1, -0.05) is 23.7 Å². The van der Waals surface area contributed by atoms with Crippen molar-refractivity contribution in [2.45, 2.75) is 46.1 Å². The van der Waals surface area contributed by atoms with Gasteiger partial charge in [-0.2, -0.15) is 0 Å². The number of anilines is 1. The third kappa shape index (κ3) is 7.61. The molecule has 0 saturated carbocycles. The highest BCUT2D eigenvalue weighted by molar-refractivity contribution is 6.34. The summed E-state index contributed by atoms with van der Waals surface area (Å²) in [5.74, 6) is 1.01. The van der Waals surface area contributed by atoms with Gasteiger partial charge in [0, 0.05) is 101 Å². The van der Waals surface area contributed by atoms with Crippen LogP contribution in [0.5, 0.6) is 5.75 Å². The maximum Gasteiger partial charge on any atom is 0.253 e. The van der Waals surface area contributed by atoms with Crippen molar-refractivity contribution in [2.24, 2.45) is 13.0 Å². The van der Waals surface area contributed by atoms with Crippen LogP contribution in [-0.2, 0) is 23.2 Å². The largest absolute Gasteiger partial charge is 0.496 e. The maximum atomic E-state index is 13.4. The molecule has 0 spiro atoms. The number of hydrogen-bond donors (Lipinski definition) is 0. The van der Waals surface area contributed by atoms with Crippen molar-refractivity contribution in [2.75, 3.05) is 64.4 Å². The van der Waals surface area contributed by atoms with Crippen LogP contribution in [0.1, 0.15) is 52.7 Å². The van der Waals surface area contributed by atoms with Gasteiger partial charge in [0.2, 0.25) is 5.91 Å². The number of carbonyl (C=O) groups excluding carboxylic acids is 3. The van der Waals surface area contributed by atoms with E-state index in [0.29, 0.717) is 41.7 Å². The summed E-state index contributed by atoms with van der Waals surface area (Å²) in [6.45, 7) is 11.4. The van der Waals surface area contributed by atoms with Crippen molar-refractivity contribution in [3.05, 3.63) is 80.2 Å². The van der Waals surface area contributed by atoms with E-state index in [1.54, 1.807) is 36.9 Å². The number of piperidine rings is 2. The van der Waals surface area contributed by atoms with Crippen molar-refractivity contribution in [3.63, 3.8) is 0 Å². The lowest BCUT2D eigenvalue weighted by molar-refractivity contribution is -0.128. The molecule has 4 heterocycles. The van der Waals surface area contributed by atoms with Crippen LogP contribution in [0.2, 0.25) is 5.02 Å². The lowest BCUT2D eigenvalue weighted by Crippen LogP contribution is -2.48. The molecule has 3 aromatic rings. The van der Waals surface area contributed by atoms with Crippen molar-refractivity contribution >= 4 is 34.9 Å². The van der Waals surface area contributed by atoms with Gasteiger partial charge in [0.05, 0.1) is 24.2 Å². The van der Waals surface area contributed by atoms with Crippen LogP contribution in [0.3, 0.4) is 0 Å². The van der Waals surface area contributed by atoms with Gasteiger partial charge in [-0.3, -0.25) is 24.1 Å². The van der Waals surface area contributed by atoms with Gasteiger partial charge < -0.3 is 24.0 Å². The van der Waals surface area contributed by atoms with E-state index in [1.807, 2.05) is 24.9 Å². The van der Waals surface area contributed by atoms with E-state index >= 15 is 0 Å². The molecule has 2 aromatic carbocycles. The lowest BCUT2D eigenvalue weighted by Gasteiger charge is -2.39. The molecule has 10 nitrogen and oxygen atoms in total. The second-order valence-corrected chi connectivity index (χ2v) is 14.1. The average Bonchev–Trinajstić information content (AvgIpc) is 3.10. The number of aromatic nitrogens is 1. The number of nitrogens with zero attached hydrogens (tertiary/aromatic N) is 5. The number of halogens is 1. The van der Waals surface area contributed by atoms with E-state index in [1.165, 1.54) is 4.90 Å². The van der Waals surface area contributed by atoms with Crippen molar-refractivity contribution < 1.29 is 19.1 Å². The second kappa shape index (κ2) is 14.9. The van der Waals surface area contributed by atoms with E-state index in [2.05, 4.69) is 28.0 Å². The molecule has 0 radical (unpaired) electrons. The molecule has 49 heavy (non-hydrogen) atoms. The first-order chi connectivity index (χ1) is 23.5. The summed E-state index contributed by atoms with van der Waals surface area (Å²) in [5.41, 5.74) is 6.04. The number of amides is 2. The minimum absolute atomic E-state index is 0.0301. The minimum atomic E-state index is -0.275. The van der Waals surface area contributed by atoms with Crippen LogP contribution >= 0.6 is 11.6 Å². The highest BCUT2D eigenvalue weighted by atomic mass is 35.5. The molecule has 3 aliphatic heterocycles. The number of benzene rings is 2. The number of rotatable bonds is 8. The number of Topliss-reactive ketones (excluding diaryl/α,β-unsaturated/α-hetero) is 1. The highest BCUT2D eigenvalue weighted by Crippen LogP contribution is 2.32. The molecule has 6 rings (SSSR count). The quantitative estimate of drug-likeness (QED) is 0.317. The van der Waals surface area contributed by atoms with Crippen LogP contribution in [0.4, 0.5) is 5.69 Å². The fraction of sp³-hybridized carbons (Fsp3) is 0.474. The smallest absolute Gasteiger partial charge is 0.253 e. The summed E-state index contributed by atoms with van der Waals surface area (Å²) in [6.07, 6.45) is 3.99. The summed E-state index contributed by atoms with van der Waals surface area (Å²) in [7, 11) is 3.51. The molecule has 11 heteroatoms. The molecule has 0 N–H and O–H groups in total. The monoisotopic (exact) mass is 687 g/mol. The molecule has 1 aromatic heterocycles. The first kappa shape index (κ1) is 34.9. The number of carbonyl (C=O) groups is 3. The molecule has 0 bridgehead atoms. The topological polar surface area (TPSA) is 95.4 Å². The third-order valence-electron chi connectivity index (χ3n) is 10.6. The third-order valence-corrected chi connectivity index (χ3v) is 10.9. The maximum absolute atomic E-state index is 13.4. The van der Waals surface area contributed by atoms with Crippen LogP contribution in [0, 0.1) is 19.8 Å². The fourth-order valence-electron chi connectivity index (χ4n) is 7.37. The van der Waals surface area contributed by atoms with Crippen molar-refractivity contribution in [1.82, 2.24) is 19.3 Å². The highest BCUT2D eigenvalue weighted by Gasteiger charge is 2.30. The Morgan fingerprint density at radius 3 is 2.31 bits per heavy atom. The zero-order valence-electron chi connectivity index (χ0n) is 29.0. The molecular weight excluding hydrogens is 642 g/mol. The molecule has 2 amide bonds. The molecule has 260 valence electrons. The summed E-state index contributed by atoms with van der Waals surface area (Å²) in [5, 5.41) is 0.401. The van der Waals surface area contributed by atoms with E-state index in [9.17, 15) is 19.2 Å². The summed E-state index contributed by atoms with van der Waals surface area (Å²) in [6, 6.07) is 11.4. The molecular formula is C38H46ClN5O5. The van der Waals surface area contributed by atoms with Gasteiger partial charge in [0.1, 0.15) is 11.5 Å². The molecule has 0 unspecified atom stereocenters. The van der Waals surface area contributed by atoms with Crippen molar-refractivity contribution in [1.29, 1.82) is 0 Å². The number of ether oxygens (including phenoxy) is 1. The van der Waals surface area contributed by atoms with E-state index in [0.717, 1.165) is 85.7 Å². The van der Waals surface area contributed by atoms with E-state index in [-0.39, 0.29) is 36.1 Å². The van der Waals surface area contributed by atoms with Gasteiger partial charge in [-0.05, 0) is 68.0 Å². The Morgan fingerprint density at radius 1 is 0.898 bits per heavy atom. The number of piperazine rings is 1. The first-order valence-corrected chi connectivity index (χ1v) is 17.6. The Morgan fingerprint density at radius 2 is 1.61 bits per heavy atom. The SMILES string of the molecule is COc1cc(-c2cn(C)c(=O)c(C)c2C)ccc1CN1CCN(CC2CCN(C(=O)c3ccc(Cl)c(N4CCC(=O)CC4=O)c3)CC2)CC1. The molecule has 0 atom stereocenters. The zero-order valence-corrected chi connectivity index (χ0v) is 29.7. The van der Waals surface area contributed by atoms with Crippen LogP contribution < -0.4 is 15.2 Å². The van der Waals surface area contributed by atoms with Crippen molar-refractivity contribution in [3.8, 4) is 16.9 Å².